The van der Waals surface area contributed by atoms with E-state index in [0.29, 0.717) is 16.0 Å². The molecule has 0 atom stereocenters. The maximum Gasteiger partial charge on any atom is 0.337 e. The molecule has 3 aromatic rings. The van der Waals surface area contributed by atoms with Crippen LogP contribution in [0.2, 0.25) is 0 Å². The molecule has 1 N–H and O–H groups in total. The van der Waals surface area contributed by atoms with Crippen LogP contribution in [-0.2, 0) is 6.42 Å². The number of hydrogen-bond acceptors (Lipinski definition) is 3. The van der Waals surface area contributed by atoms with Gasteiger partial charge in [0.25, 0.3) is 0 Å². The molecule has 0 aliphatic carbocycles. The highest BCUT2D eigenvalue weighted by atomic mass is 79.9. The van der Waals surface area contributed by atoms with Crippen LogP contribution in [-0.4, -0.2) is 16.9 Å². The Bertz CT molecular complexity index is 970. The lowest BCUT2D eigenvalue weighted by molar-refractivity contribution is 0.0697. The van der Waals surface area contributed by atoms with Gasteiger partial charge in [0.15, 0.2) is 5.78 Å². The highest BCUT2D eigenvalue weighted by Gasteiger charge is 2.24. The van der Waals surface area contributed by atoms with E-state index in [0.717, 1.165) is 20.5 Å². The number of carboxylic acids is 1. The van der Waals surface area contributed by atoms with E-state index in [2.05, 4.69) is 15.9 Å². The quantitative estimate of drug-likeness (QED) is 0.513. The molecule has 0 radical (unpaired) electrons. The van der Waals surface area contributed by atoms with Crippen molar-refractivity contribution in [3.05, 3.63) is 79.4 Å². The summed E-state index contributed by atoms with van der Waals surface area (Å²) in [6.07, 6.45) is 0.0900. The van der Waals surface area contributed by atoms with Gasteiger partial charge in [-0.3, -0.25) is 4.79 Å². The van der Waals surface area contributed by atoms with Gasteiger partial charge in [-0.25, -0.2) is 4.79 Å². The maximum absolute atomic E-state index is 12.6. The third kappa shape index (κ3) is 3.79. The van der Waals surface area contributed by atoms with Gasteiger partial charge < -0.3 is 5.11 Å². The molecule has 1 aromatic heterocycles. The zero-order valence-electron chi connectivity index (χ0n) is 14.4. The van der Waals surface area contributed by atoms with Crippen LogP contribution in [0.1, 0.15) is 36.0 Å². The van der Waals surface area contributed by atoms with E-state index in [-0.39, 0.29) is 17.8 Å². The van der Waals surface area contributed by atoms with E-state index in [1.807, 2.05) is 50.2 Å². The summed E-state index contributed by atoms with van der Waals surface area (Å²) in [6.45, 7) is 3.86. The minimum Gasteiger partial charge on any atom is -0.478 e. The molecule has 26 heavy (non-hydrogen) atoms. The van der Waals surface area contributed by atoms with Crippen molar-refractivity contribution in [1.29, 1.82) is 0 Å². The standard InChI is InChI=1S/C21H17BrO3S/c1-12-3-5-14(6-4-12)17(23)11-18-20(21(24)25)19(13(2)26-18)15-7-9-16(22)10-8-15/h3-10H,11H2,1-2H3,(H,24,25). The van der Waals surface area contributed by atoms with Crippen LogP contribution in [0, 0.1) is 13.8 Å². The van der Waals surface area contributed by atoms with Gasteiger partial charge in [0.2, 0.25) is 0 Å². The van der Waals surface area contributed by atoms with Crippen LogP contribution in [0.15, 0.2) is 53.0 Å². The predicted octanol–water partition coefficient (Wildman–Crippen LogP) is 5.92. The number of halogens is 1. The van der Waals surface area contributed by atoms with Gasteiger partial charge in [0.05, 0.1) is 5.56 Å². The third-order valence-electron chi connectivity index (χ3n) is 4.20. The number of benzene rings is 2. The molecule has 0 bridgehead atoms. The van der Waals surface area contributed by atoms with Gasteiger partial charge in [-0.15, -0.1) is 11.3 Å². The van der Waals surface area contributed by atoms with E-state index >= 15 is 0 Å². The molecule has 0 aliphatic heterocycles. The third-order valence-corrected chi connectivity index (χ3v) is 5.83. The van der Waals surface area contributed by atoms with E-state index in [1.165, 1.54) is 11.3 Å². The normalized spacial score (nSPS) is 10.7. The average Bonchev–Trinajstić information content (AvgIpc) is 2.92. The van der Waals surface area contributed by atoms with Crippen molar-refractivity contribution >= 4 is 39.0 Å². The second-order valence-corrected chi connectivity index (χ2v) is 8.33. The summed E-state index contributed by atoms with van der Waals surface area (Å²) >= 11 is 4.78. The molecule has 0 aliphatic rings. The Morgan fingerprint density at radius 1 is 1.00 bits per heavy atom. The molecule has 0 fully saturated rings. The Morgan fingerprint density at radius 2 is 1.62 bits per heavy atom. The van der Waals surface area contributed by atoms with Crippen molar-refractivity contribution in [3.8, 4) is 11.1 Å². The summed E-state index contributed by atoms with van der Waals surface area (Å²) in [5.41, 5.74) is 3.45. The Kier molecular flexibility index (Phi) is 5.39. The highest BCUT2D eigenvalue weighted by Crippen LogP contribution is 2.37. The Labute approximate surface area is 164 Å². The minimum atomic E-state index is -1.00. The van der Waals surface area contributed by atoms with Gasteiger partial charge in [-0.05, 0) is 31.5 Å². The molecule has 3 rings (SSSR count). The van der Waals surface area contributed by atoms with E-state index in [4.69, 9.17) is 0 Å². The topological polar surface area (TPSA) is 54.4 Å². The van der Waals surface area contributed by atoms with Crippen LogP contribution in [0.5, 0.6) is 0 Å². The van der Waals surface area contributed by atoms with Crippen molar-refractivity contribution in [2.75, 3.05) is 0 Å². The second-order valence-electron chi connectivity index (χ2n) is 6.11. The maximum atomic E-state index is 12.6. The van der Waals surface area contributed by atoms with Crippen molar-refractivity contribution in [1.82, 2.24) is 0 Å². The number of ketones is 1. The average molecular weight is 429 g/mol. The minimum absolute atomic E-state index is 0.0730. The first-order valence-electron chi connectivity index (χ1n) is 8.08. The van der Waals surface area contributed by atoms with Crippen LogP contribution in [0.3, 0.4) is 0 Å². The molecule has 0 spiro atoms. The molecule has 1 heterocycles. The lowest BCUT2D eigenvalue weighted by Gasteiger charge is -2.05. The molecule has 132 valence electrons. The molecule has 0 amide bonds. The number of rotatable bonds is 5. The molecule has 0 unspecified atom stereocenters. The summed E-state index contributed by atoms with van der Waals surface area (Å²) in [6, 6.07) is 14.9. The van der Waals surface area contributed by atoms with Crippen LogP contribution in [0.25, 0.3) is 11.1 Å². The number of carboxylic acid groups (broad SMARTS) is 1. The number of carbonyl (C=O) groups is 2. The fraction of sp³-hybridized carbons (Fsp3) is 0.143. The van der Waals surface area contributed by atoms with Crippen molar-refractivity contribution in [2.45, 2.75) is 20.3 Å². The largest absolute Gasteiger partial charge is 0.478 e. The van der Waals surface area contributed by atoms with Crippen LogP contribution >= 0.6 is 27.3 Å². The predicted molar refractivity (Wildman–Crippen MR) is 108 cm³/mol. The smallest absolute Gasteiger partial charge is 0.337 e. The van der Waals surface area contributed by atoms with Crippen molar-refractivity contribution in [3.63, 3.8) is 0 Å². The summed E-state index contributed by atoms with van der Waals surface area (Å²) in [5, 5.41) is 9.78. The zero-order chi connectivity index (χ0) is 18.8. The molecular weight excluding hydrogens is 412 g/mol. The monoisotopic (exact) mass is 428 g/mol. The Balaban J connectivity index is 2.01. The van der Waals surface area contributed by atoms with Gasteiger partial charge in [0, 0.05) is 31.8 Å². The molecule has 3 nitrogen and oxygen atoms in total. The summed E-state index contributed by atoms with van der Waals surface area (Å²) in [5.74, 6) is -1.07. The molecule has 0 saturated heterocycles. The molecule has 0 saturated carbocycles. The Morgan fingerprint density at radius 3 is 2.19 bits per heavy atom. The van der Waals surface area contributed by atoms with Gasteiger partial charge in [-0.2, -0.15) is 0 Å². The van der Waals surface area contributed by atoms with E-state index in [9.17, 15) is 14.7 Å². The van der Waals surface area contributed by atoms with Crippen molar-refractivity contribution < 1.29 is 14.7 Å². The lowest BCUT2D eigenvalue weighted by atomic mass is 9.98. The van der Waals surface area contributed by atoms with Crippen LogP contribution in [0.4, 0.5) is 0 Å². The van der Waals surface area contributed by atoms with Gasteiger partial charge in [0.1, 0.15) is 0 Å². The number of aromatic carboxylic acids is 1. The molecular formula is C21H17BrO3S. The summed E-state index contributed by atoms with van der Waals surface area (Å²) in [7, 11) is 0. The zero-order valence-corrected chi connectivity index (χ0v) is 16.8. The highest BCUT2D eigenvalue weighted by molar-refractivity contribution is 9.10. The first kappa shape index (κ1) is 18.5. The summed E-state index contributed by atoms with van der Waals surface area (Å²) in [4.78, 5) is 26.0. The van der Waals surface area contributed by atoms with E-state index in [1.54, 1.807) is 12.1 Å². The number of aryl methyl sites for hydroxylation is 2. The SMILES string of the molecule is Cc1ccc(C(=O)Cc2sc(C)c(-c3ccc(Br)cc3)c2C(=O)O)cc1. The van der Waals surface area contributed by atoms with E-state index < -0.39 is 5.97 Å². The van der Waals surface area contributed by atoms with Crippen molar-refractivity contribution in [2.24, 2.45) is 0 Å². The number of Topliss-reactive ketones (excluding diaryl/α,β-unsaturated/α-hetero) is 1. The van der Waals surface area contributed by atoms with Crippen LogP contribution < -0.4 is 0 Å². The fourth-order valence-corrected chi connectivity index (χ4v) is 4.36. The first-order chi connectivity index (χ1) is 12.4. The summed E-state index contributed by atoms with van der Waals surface area (Å²) < 4.78 is 0.931. The second kappa shape index (κ2) is 7.56. The number of carbonyl (C=O) groups excluding carboxylic acids is 1. The van der Waals surface area contributed by atoms with Gasteiger partial charge >= 0.3 is 5.97 Å². The molecule has 2 aromatic carbocycles. The fourth-order valence-electron chi connectivity index (χ4n) is 2.90. The number of hydrogen-bond donors (Lipinski definition) is 1. The Hall–Kier alpha value is -2.24. The first-order valence-corrected chi connectivity index (χ1v) is 9.69. The molecule has 5 heteroatoms. The number of thiophene rings is 1. The van der Waals surface area contributed by atoms with Gasteiger partial charge in [-0.1, -0.05) is 57.9 Å². The lowest BCUT2D eigenvalue weighted by Crippen LogP contribution is -2.07.